The summed E-state index contributed by atoms with van der Waals surface area (Å²) < 4.78 is 2.47. The molecule has 2 N–H and O–H groups in total. The fourth-order valence-corrected chi connectivity index (χ4v) is 4.02. The van der Waals surface area contributed by atoms with Gasteiger partial charge in [0, 0.05) is 5.92 Å². The molecule has 2 aliphatic rings. The number of nitrogens with zero attached hydrogens (tertiary/aromatic N) is 4. The van der Waals surface area contributed by atoms with E-state index in [1.165, 1.54) is 18.6 Å². The number of fused-ring (bicyclic) bond motifs is 3. The number of carbonyl (C=O) groups excluding carboxylic acids is 1. The van der Waals surface area contributed by atoms with Crippen LogP contribution in [0.4, 0.5) is 0 Å². The molecule has 0 spiro atoms. The summed E-state index contributed by atoms with van der Waals surface area (Å²) >= 11 is 0. The topological polar surface area (TPSA) is 107 Å². The molecule has 2 heterocycles. The minimum absolute atomic E-state index is 0.174. The van der Waals surface area contributed by atoms with Gasteiger partial charge in [-0.15, -0.1) is 0 Å². The first-order valence-electron chi connectivity index (χ1n) is 9.34. The van der Waals surface area contributed by atoms with Crippen molar-refractivity contribution in [3.05, 3.63) is 40.7 Å². The lowest BCUT2D eigenvalue weighted by atomic mass is 9.80. The van der Waals surface area contributed by atoms with Crippen molar-refractivity contribution < 1.29 is 14.6 Å². The number of rotatable bonds is 5. The molecule has 1 amide bonds. The van der Waals surface area contributed by atoms with Crippen molar-refractivity contribution in [1.29, 1.82) is 0 Å². The number of aromatic nitrogens is 4. The number of hydrogen-bond donors (Lipinski definition) is 2. The Morgan fingerprint density at radius 3 is 2.96 bits per heavy atom. The fourth-order valence-electron chi connectivity index (χ4n) is 4.02. The molecule has 3 atom stereocenters. The second kappa shape index (κ2) is 6.30. The van der Waals surface area contributed by atoms with Crippen molar-refractivity contribution in [2.75, 3.05) is 6.61 Å². The van der Waals surface area contributed by atoms with Crippen LogP contribution in [0.2, 0.25) is 0 Å². The highest BCUT2D eigenvalue weighted by molar-refractivity contribution is 5.79. The van der Waals surface area contributed by atoms with Crippen molar-refractivity contribution >= 4 is 5.91 Å². The molecule has 2 aliphatic carbocycles. The van der Waals surface area contributed by atoms with E-state index in [1.54, 1.807) is 4.68 Å². The van der Waals surface area contributed by atoms with Crippen molar-refractivity contribution in [3.63, 3.8) is 0 Å². The molecule has 2 aromatic rings. The molecule has 8 nitrogen and oxygen atoms in total. The molecule has 0 saturated heterocycles. The van der Waals surface area contributed by atoms with Crippen LogP contribution in [0.3, 0.4) is 0 Å². The Bertz CT molecular complexity index is 886. The minimum atomic E-state index is -0.476. The third kappa shape index (κ3) is 3.18. The monoisotopic (exact) mass is 371 g/mol. The van der Waals surface area contributed by atoms with Crippen molar-refractivity contribution in [2.45, 2.75) is 46.1 Å². The van der Waals surface area contributed by atoms with Crippen molar-refractivity contribution in [2.24, 2.45) is 17.3 Å². The lowest BCUT2D eigenvalue weighted by Gasteiger charge is -2.27. The van der Waals surface area contributed by atoms with E-state index in [-0.39, 0.29) is 17.9 Å². The van der Waals surface area contributed by atoms with Gasteiger partial charge in [-0.3, -0.25) is 4.79 Å². The first kappa shape index (κ1) is 17.9. The molecule has 0 radical (unpaired) electrons. The van der Waals surface area contributed by atoms with E-state index in [2.05, 4.69) is 15.4 Å². The molecular weight excluding hydrogens is 346 g/mol. The van der Waals surface area contributed by atoms with Gasteiger partial charge in [0.1, 0.15) is 0 Å². The first-order valence-corrected chi connectivity index (χ1v) is 9.34. The summed E-state index contributed by atoms with van der Waals surface area (Å²) in [7, 11) is 0. The molecule has 1 fully saturated rings. The van der Waals surface area contributed by atoms with Crippen LogP contribution in [0.5, 0.6) is 0 Å². The minimum Gasteiger partial charge on any atom is -0.619 e. The van der Waals surface area contributed by atoms with Crippen LogP contribution in [-0.2, 0) is 17.8 Å². The molecule has 0 bridgehead atoms. The molecule has 144 valence electrons. The van der Waals surface area contributed by atoms with Crippen LogP contribution >= 0.6 is 0 Å². The maximum Gasteiger partial charge on any atom is 0.226 e. The van der Waals surface area contributed by atoms with Gasteiger partial charge in [-0.05, 0) is 29.7 Å². The molecule has 1 unspecified atom stereocenters. The van der Waals surface area contributed by atoms with Gasteiger partial charge in [0.15, 0.2) is 6.20 Å². The fraction of sp³-hybridized carbons (Fsp3) is 0.579. The summed E-state index contributed by atoms with van der Waals surface area (Å²) in [4.78, 5) is 16.8. The van der Waals surface area contributed by atoms with Gasteiger partial charge in [-0.2, -0.15) is 9.83 Å². The average molecular weight is 371 g/mol. The van der Waals surface area contributed by atoms with Gasteiger partial charge in [0.05, 0.1) is 36.7 Å². The van der Waals surface area contributed by atoms with E-state index in [9.17, 15) is 15.1 Å². The van der Waals surface area contributed by atoms with E-state index in [0.717, 1.165) is 29.8 Å². The van der Waals surface area contributed by atoms with Crippen LogP contribution < -0.4 is 10.0 Å². The van der Waals surface area contributed by atoms with E-state index in [4.69, 9.17) is 0 Å². The highest BCUT2D eigenvalue weighted by Crippen LogP contribution is 2.57. The average Bonchev–Trinajstić information content (AvgIpc) is 3.10. The molecule has 4 rings (SSSR count). The summed E-state index contributed by atoms with van der Waals surface area (Å²) in [6.45, 7) is 5.93. The van der Waals surface area contributed by atoms with Gasteiger partial charge in [0.2, 0.25) is 17.9 Å². The maximum absolute atomic E-state index is 12.5. The third-order valence-electron chi connectivity index (χ3n) is 5.70. The Morgan fingerprint density at radius 1 is 1.52 bits per heavy atom. The molecule has 27 heavy (non-hydrogen) atoms. The van der Waals surface area contributed by atoms with Crippen molar-refractivity contribution in [1.82, 2.24) is 20.1 Å². The number of nitrogens with one attached hydrogen (secondary N) is 1. The van der Waals surface area contributed by atoms with Crippen LogP contribution in [-0.4, -0.2) is 32.4 Å². The SMILES string of the molecule is CC(C)(C)C(CO)C(=O)NCc1nn(-c2c[n+]([O-])ccn2)c2c1C[C@@H]1C[C@H]21. The van der Waals surface area contributed by atoms with Gasteiger partial charge < -0.3 is 15.6 Å². The lowest BCUT2D eigenvalue weighted by molar-refractivity contribution is -0.605. The smallest absolute Gasteiger partial charge is 0.226 e. The van der Waals surface area contributed by atoms with E-state index in [0.29, 0.717) is 28.9 Å². The van der Waals surface area contributed by atoms with Crippen LogP contribution in [0.25, 0.3) is 5.82 Å². The molecule has 1 saturated carbocycles. The summed E-state index contributed by atoms with van der Waals surface area (Å²) in [6.07, 6.45) is 6.32. The third-order valence-corrected chi connectivity index (χ3v) is 5.70. The number of aliphatic hydroxyl groups is 1. The maximum atomic E-state index is 12.5. The first-order chi connectivity index (χ1) is 12.8. The van der Waals surface area contributed by atoms with Crippen LogP contribution in [0.1, 0.15) is 50.1 Å². The Hall–Kier alpha value is -2.48. The quantitative estimate of drug-likeness (QED) is 0.598. The van der Waals surface area contributed by atoms with Crippen molar-refractivity contribution in [3.8, 4) is 5.82 Å². The Balaban J connectivity index is 1.59. The van der Waals surface area contributed by atoms with E-state index < -0.39 is 5.92 Å². The highest BCUT2D eigenvalue weighted by Gasteiger charge is 2.49. The number of carbonyl (C=O) groups is 1. The zero-order chi connectivity index (χ0) is 19.3. The number of hydrogen-bond acceptors (Lipinski definition) is 5. The predicted molar refractivity (Wildman–Crippen MR) is 96.7 cm³/mol. The summed E-state index contributed by atoms with van der Waals surface area (Å²) in [5, 5.41) is 28.8. The molecule has 2 aromatic heterocycles. The van der Waals surface area contributed by atoms with Gasteiger partial charge in [0.25, 0.3) is 0 Å². The van der Waals surface area contributed by atoms with Gasteiger partial charge in [-0.25, -0.2) is 9.67 Å². The molecule has 0 aliphatic heterocycles. The zero-order valence-electron chi connectivity index (χ0n) is 15.8. The summed E-state index contributed by atoms with van der Waals surface area (Å²) in [5.41, 5.74) is 2.78. The van der Waals surface area contributed by atoms with Gasteiger partial charge in [-0.1, -0.05) is 20.8 Å². The zero-order valence-corrected chi connectivity index (χ0v) is 15.8. The number of aliphatic hydroxyl groups excluding tert-OH is 1. The second-order valence-electron chi connectivity index (χ2n) is 8.62. The Morgan fingerprint density at radius 2 is 2.30 bits per heavy atom. The van der Waals surface area contributed by atoms with Crippen LogP contribution in [0, 0.1) is 22.5 Å². The normalized spacial score (nSPS) is 21.5. The lowest BCUT2D eigenvalue weighted by Crippen LogP contribution is -2.40. The van der Waals surface area contributed by atoms with E-state index in [1.807, 2.05) is 20.8 Å². The Labute approximate surface area is 157 Å². The predicted octanol–water partition coefficient (Wildman–Crippen LogP) is 0.831. The standard InChI is InChI=1S/C19H25N5O3/c1-19(2,3)14(10-25)18(26)21-8-15-13-7-11-6-12(11)17(13)24(22-15)16-9-23(27)5-4-20-16/h4-5,9,11-12,14,25H,6-8,10H2,1-3H3,(H,21,26)/t11-,12-,14?/m0/s1. The largest absolute Gasteiger partial charge is 0.619 e. The van der Waals surface area contributed by atoms with Crippen LogP contribution in [0.15, 0.2) is 18.6 Å². The summed E-state index contributed by atoms with van der Waals surface area (Å²) in [6, 6.07) is 0. The van der Waals surface area contributed by atoms with Gasteiger partial charge >= 0.3 is 0 Å². The molecule has 0 aromatic carbocycles. The molecule has 8 heteroatoms. The second-order valence-corrected chi connectivity index (χ2v) is 8.62. The molecular formula is C19H25N5O3. The number of amides is 1. The Kier molecular flexibility index (Phi) is 4.18. The highest BCUT2D eigenvalue weighted by atomic mass is 16.5. The summed E-state index contributed by atoms with van der Waals surface area (Å²) in [5.74, 6) is 0.958. The van der Waals surface area contributed by atoms with E-state index >= 15 is 0 Å².